The molecular formula is C12H20N2OS. The highest BCUT2D eigenvalue weighted by molar-refractivity contribution is 7.09. The maximum absolute atomic E-state index is 11.0. The first kappa shape index (κ1) is 13.2. The van der Waals surface area contributed by atoms with Gasteiger partial charge in [-0.15, -0.1) is 11.3 Å². The first-order chi connectivity index (χ1) is 7.76. The lowest BCUT2D eigenvalue weighted by Crippen LogP contribution is -2.33. The van der Waals surface area contributed by atoms with Crippen LogP contribution in [0.15, 0.2) is 17.5 Å². The van der Waals surface area contributed by atoms with Gasteiger partial charge in [0.1, 0.15) is 0 Å². The predicted molar refractivity (Wildman–Crippen MR) is 68.8 cm³/mol. The summed E-state index contributed by atoms with van der Waals surface area (Å²) in [5.74, 6) is 0.0958. The number of nitrogens with one attached hydrogen (secondary N) is 2. The van der Waals surface area contributed by atoms with Gasteiger partial charge in [-0.05, 0) is 24.3 Å². The van der Waals surface area contributed by atoms with Crippen molar-refractivity contribution in [3.05, 3.63) is 22.4 Å². The second-order valence-electron chi connectivity index (χ2n) is 3.77. The molecule has 1 heterocycles. The van der Waals surface area contributed by atoms with Crippen LogP contribution in [0.25, 0.3) is 0 Å². The smallest absolute Gasteiger partial charge is 0.221 e. The van der Waals surface area contributed by atoms with E-state index in [2.05, 4.69) is 35.1 Å². The number of hydrogen-bond donors (Lipinski definition) is 2. The highest BCUT2D eigenvalue weighted by Gasteiger charge is 2.07. The van der Waals surface area contributed by atoms with E-state index in [1.807, 2.05) is 0 Å². The van der Waals surface area contributed by atoms with E-state index in [1.165, 1.54) is 4.88 Å². The Morgan fingerprint density at radius 2 is 2.38 bits per heavy atom. The van der Waals surface area contributed by atoms with Crippen molar-refractivity contribution in [2.75, 3.05) is 13.6 Å². The summed E-state index contributed by atoms with van der Waals surface area (Å²) < 4.78 is 0. The van der Waals surface area contributed by atoms with Crippen molar-refractivity contribution in [1.82, 2.24) is 10.6 Å². The Morgan fingerprint density at radius 1 is 1.56 bits per heavy atom. The van der Waals surface area contributed by atoms with Crippen LogP contribution in [-0.2, 0) is 11.2 Å². The second-order valence-corrected chi connectivity index (χ2v) is 4.80. The van der Waals surface area contributed by atoms with Gasteiger partial charge in [-0.3, -0.25) is 4.79 Å². The number of hydrogen-bond acceptors (Lipinski definition) is 3. The number of rotatable bonds is 7. The van der Waals surface area contributed by atoms with Crippen LogP contribution in [-0.4, -0.2) is 25.5 Å². The third kappa shape index (κ3) is 4.77. The largest absolute Gasteiger partial charge is 0.359 e. The van der Waals surface area contributed by atoms with Crippen molar-refractivity contribution < 1.29 is 4.79 Å². The van der Waals surface area contributed by atoms with E-state index in [0.717, 1.165) is 19.4 Å². The van der Waals surface area contributed by atoms with Crippen LogP contribution < -0.4 is 10.6 Å². The lowest BCUT2D eigenvalue weighted by atomic mass is 10.1. The van der Waals surface area contributed by atoms with E-state index in [4.69, 9.17) is 0 Å². The lowest BCUT2D eigenvalue weighted by molar-refractivity contribution is -0.120. The minimum Gasteiger partial charge on any atom is -0.359 e. The molecule has 0 bridgehead atoms. The molecular weight excluding hydrogens is 220 g/mol. The topological polar surface area (TPSA) is 41.1 Å². The molecule has 0 saturated heterocycles. The van der Waals surface area contributed by atoms with E-state index >= 15 is 0 Å². The molecule has 16 heavy (non-hydrogen) atoms. The molecule has 1 aromatic heterocycles. The molecule has 0 aliphatic rings. The van der Waals surface area contributed by atoms with Gasteiger partial charge in [0, 0.05) is 30.9 Å². The first-order valence-corrected chi connectivity index (χ1v) is 6.60. The minimum absolute atomic E-state index is 0.0958. The Morgan fingerprint density at radius 3 is 2.94 bits per heavy atom. The number of thiophene rings is 1. The highest BCUT2D eigenvalue weighted by Crippen LogP contribution is 2.12. The number of amides is 1. The van der Waals surface area contributed by atoms with Gasteiger partial charge in [0.2, 0.25) is 5.91 Å². The zero-order chi connectivity index (χ0) is 11.8. The minimum atomic E-state index is 0.0958. The molecule has 1 amide bonds. The third-order valence-corrected chi connectivity index (χ3v) is 3.48. The van der Waals surface area contributed by atoms with E-state index in [1.54, 1.807) is 18.4 Å². The van der Waals surface area contributed by atoms with Crippen LogP contribution in [0.1, 0.15) is 24.6 Å². The standard InChI is InChI=1S/C12H20N2OS/c1-3-10(9-11-5-4-8-16-11)14-7-6-12(15)13-2/h4-5,8,10,14H,3,6-7,9H2,1-2H3,(H,13,15). The van der Waals surface area contributed by atoms with Gasteiger partial charge >= 0.3 is 0 Å². The summed E-state index contributed by atoms with van der Waals surface area (Å²) in [7, 11) is 1.67. The molecule has 4 heteroatoms. The van der Waals surface area contributed by atoms with Crippen molar-refractivity contribution >= 4 is 17.2 Å². The summed E-state index contributed by atoms with van der Waals surface area (Å²) in [6, 6.07) is 4.72. The van der Waals surface area contributed by atoms with Crippen molar-refractivity contribution in [2.24, 2.45) is 0 Å². The molecule has 0 saturated carbocycles. The molecule has 1 rings (SSSR count). The summed E-state index contributed by atoms with van der Waals surface area (Å²) in [6.45, 7) is 2.93. The fourth-order valence-electron chi connectivity index (χ4n) is 1.55. The lowest BCUT2D eigenvalue weighted by Gasteiger charge is -2.15. The van der Waals surface area contributed by atoms with Gasteiger partial charge in [-0.1, -0.05) is 13.0 Å². The van der Waals surface area contributed by atoms with Crippen LogP contribution >= 0.6 is 11.3 Å². The Kier molecular flexibility index (Phi) is 6.11. The molecule has 0 radical (unpaired) electrons. The van der Waals surface area contributed by atoms with Gasteiger partial charge in [-0.25, -0.2) is 0 Å². The van der Waals surface area contributed by atoms with Gasteiger partial charge in [0.15, 0.2) is 0 Å². The molecule has 0 aliphatic carbocycles. The maximum atomic E-state index is 11.0. The van der Waals surface area contributed by atoms with Crippen molar-refractivity contribution in [2.45, 2.75) is 32.2 Å². The molecule has 2 N–H and O–H groups in total. The van der Waals surface area contributed by atoms with Crippen LogP contribution in [0.2, 0.25) is 0 Å². The highest BCUT2D eigenvalue weighted by atomic mass is 32.1. The fraction of sp³-hybridized carbons (Fsp3) is 0.583. The summed E-state index contributed by atoms with van der Waals surface area (Å²) >= 11 is 1.79. The SMILES string of the molecule is CCC(Cc1cccs1)NCCC(=O)NC. The summed E-state index contributed by atoms with van der Waals surface area (Å²) in [6.07, 6.45) is 2.70. The van der Waals surface area contributed by atoms with E-state index in [0.29, 0.717) is 12.5 Å². The summed E-state index contributed by atoms with van der Waals surface area (Å²) in [5, 5.41) is 8.15. The summed E-state index contributed by atoms with van der Waals surface area (Å²) in [5.41, 5.74) is 0. The molecule has 3 nitrogen and oxygen atoms in total. The van der Waals surface area contributed by atoms with Crippen LogP contribution in [0.4, 0.5) is 0 Å². The average molecular weight is 240 g/mol. The van der Waals surface area contributed by atoms with Gasteiger partial charge < -0.3 is 10.6 Å². The van der Waals surface area contributed by atoms with Gasteiger partial charge in [-0.2, -0.15) is 0 Å². The molecule has 0 aromatic carbocycles. The van der Waals surface area contributed by atoms with Gasteiger partial charge in [0.05, 0.1) is 0 Å². The third-order valence-electron chi connectivity index (χ3n) is 2.58. The summed E-state index contributed by atoms with van der Waals surface area (Å²) in [4.78, 5) is 12.5. The zero-order valence-corrected chi connectivity index (χ0v) is 10.8. The average Bonchev–Trinajstić information content (AvgIpc) is 2.80. The normalized spacial score (nSPS) is 12.4. The molecule has 90 valence electrons. The van der Waals surface area contributed by atoms with Crippen molar-refractivity contribution in [3.8, 4) is 0 Å². The van der Waals surface area contributed by atoms with E-state index < -0.39 is 0 Å². The molecule has 1 unspecified atom stereocenters. The number of carbonyl (C=O) groups excluding carboxylic acids is 1. The van der Waals surface area contributed by atoms with Crippen molar-refractivity contribution in [3.63, 3.8) is 0 Å². The maximum Gasteiger partial charge on any atom is 0.221 e. The Bertz CT molecular complexity index is 298. The van der Waals surface area contributed by atoms with Gasteiger partial charge in [0.25, 0.3) is 0 Å². The fourth-order valence-corrected chi connectivity index (χ4v) is 2.33. The Hall–Kier alpha value is -0.870. The molecule has 1 atom stereocenters. The monoisotopic (exact) mass is 240 g/mol. The van der Waals surface area contributed by atoms with Crippen LogP contribution in [0.3, 0.4) is 0 Å². The number of carbonyl (C=O) groups is 1. The van der Waals surface area contributed by atoms with Crippen LogP contribution in [0.5, 0.6) is 0 Å². The zero-order valence-electron chi connectivity index (χ0n) is 9.95. The van der Waals surface area contributed by atoms with Crippen molar-refractivity contribution in [1.29, 1.82) is 0 Å². The second kappa shape index (κ2) is 7.41. The molecule has 0 fully saturated rings. The molecule has 1 aromatic rings. The quantitative estimate of drug-likeness (QED) is 0.763. The Balaban J connectivity index is 2.24. The first-order valence-electron chi connectivity index (χ1n) is 5.72. The molecule has 0 aliphatic heterocycles. The Labute approximate surface area is 101 Å². The van der Waals surface area contributed by atoms with E-state index in [9.17, 15) is 4.79 Å². The van der Waals surface area contributed by atoms with E-state index in [-0.39, 0.29) is 5.91 Å². The van der Waals surface area contributed by atoms with Crippen LogP contribution in [0, 0.1) is 0 Å². The predicted octanol–water partition coefficient (Wildman–Crippen LogP) is 1.79. The molecule has 0 spiro atoms.